The monoisotopic (exact) mass is 481 g/mol. The Labute approximate surface area is 199 Å². The number of carbonyl (C=O) groups is 1. The van der Waals surface area contributed by atoms with Crippen molar-refractivity contribution in [3.8, 4) is 11.6 Å². The zero-order chi connectivity index (χ0) is 24.4. The number of hydrogen-bond acceptors (Lipinski definition) is 5. The number of amides is 2. The van der Waals surface area contributed by atoms with E-state index in [1.54, 1.807) is 18.2 Å². The normalized spacial score (nSPS) is 15.4. The van der Waals surface area contributed by atoms with Crippen molar-refractivity contribution in [3.05, 3.63) is 77.8 Å². The minimum Gasteiger partial charge on any atom is -0.439 e. The molecule has 0 fully saturated rings. The smallest absolute Gasteiger partial charge is 0.416 e. The van der Waals surface area contributed by atoms with Crippen LogP contribution in [0.5, 0.6) is 11.6 Å². The number of carbonyl (C=O) groups excluding carboxylic acids is 1. The van der Waals surface area contributed by atoms with Crippen LogP contribution >= 0.6 is 0 Å². The molecule has 0 radical (unpaired) electrons. The number of ether oxygens (including phenoxy) is 1. The summed E-state index contributed by atoms with van der Waals surface area (Å²) >= 11 is 0. The third-order valence-electron chi connectivity index (χ3n) is 5.89. The second-order valence-corrected chi connectivity index (χ2v) is 8.23. The van der Waals surface area contributed by atoms with Crippen molar-refractivity contribution in [1.82, 2.24) is 15.3 Å². The number of aromatic nitrogens is 2. The summed E-state index contributed by atoms with van der Waals surface area (Å²) < 4.78 is 44.9. The van der Waals surface area contributed by atoms with Crippen molar-refractivity contribution in [2.45, 2.75) is 19.0 Å². The maximum absolute atomic E-state index is 13.0. The fourth-order valence-corrected chi connectivity index (χ4v) is 4.16. The molecule has 2 aliphatic rings. The van der Waals surface area contributed by atoms with Gasteiger partial charge in [0, 0.05) is 30.5 Å². The molecule has 7 nitrogen and oxygen atoms in total. The van der Waals surface area contributed by atoms with E-state index in [4.69, 9.17) is 4.74 Å². The first kappa shape index (κ1) is 22.9. The molecule has 2 aliphatic heterocycles. The molecular weight excluding hydrogens is 459 g/mol. The molecule has 35 heavy (non-hydrogen) atoms. The van der Waals surface area contributed by atoms with Crippen LogP contribution in [0.4, 0.5) is 29.3 Å². The van der Waals surface area contributed by atoms with Crippen LogP contribution in [-0.2, 0) is 12.6 Å². The molecule has 3 aromatic rings. The summed E-state index contributed by atoms with van der Waals surface area (Å²) in [7, 11) is 0. The van der Waals surface area contributed by atoms with Gasteiger partial charge in [0.25, 0.3) is 0 Å². The summed E-state index contributed by atoms with van der Waals surface area (Å²) in [6.45, 7) is 2.11. The summed E-state index contributed by atoms with van der Waals surface area (Å²) in [6.07, 6.45) is 0.572. The van der Waals surface area contributed by atoms with Gasteiger partial charge in [-0.3, -0.25) is 4.90 Å². The minimum atomic E-state index is -4.48. The van der Waals surface area contributed by atoms with Crippen LogP contribution in [0.25, 0.3) is 5.57 Å². The molecule has 0 saturated carbocycles. The average molecular weight is 481 g/mol. The summed E-state index contributed by atoms with van der Waals surface area (Å²) in [6, 6.07) is 11.2. The first-order chi connectivity index (χ1) is 16.9. The number of alkyl halides is 3. The van der Waals surface area contributed by atoms with Gasteiger partial charge in [0.2, 0.25) is 5.88 Å². The lowest BCUT2D eigenvalue weighted by Gasteiger charge is -2.19. The van der Waals surface area contributed by atoms with Gasteiger partial charge in [-0.25, -0.2) is 14.8 Å². The van der Waals surface area contributed by atoms with Crippen LogP contribution in [0.15, 0.2) is 60.9 Å². The molecule has 0 aliphatic carbocycles. The Hall–Kier alpha value is -3.92. The number of hydrogen-bond donors (Lipinski definition) is 2. The van der Waals surface area contributed by atoms with Crippen LogP contribution in [0.2, 0.25) is 0 Å². The number of nitrogens with one attached hydrogen (secondary N) is 2. The molecule has 0 saturated heterocycles. The van der Waals surface area contributed by atoms with Crippen LogP contribution in [0.3, 0.4) is 0 Å². The highest BCUT2D eigenvalue weighted by molar-refractivity contribution is 6.03. The lowest BCUT2D eigenvalue weighted by atomic mass is 10.1. The standard InChI is InChI=1S/C25H22F3N5O2/c26-25(27,28)18-2-1-3-19(13-18)32-24(34)33-11-8-17-12-20(4-5-22(17)33)35-23-14-21(30-15-31-23)16-6-9-29-10-7-16/h1-6,12-15,29H,7-11H2,(H,32,34). The van der Waals surface area contributed by atoms with E-state index in [2.05, 4.69) is 26.7 Å². The predicted molar refractivity (Wildman–Crippen MR) is 126 cm³/mol. The number of benzene rings is 2. The minimum absolute atomic E-state index is 0.0849. The molecule has 2 N–H and O–H groups in total. The predicted octanol–water partition coefficient (Wildman–Crippen LogP) is 5.26. The Morgan fingerprint density at radius 2 is 1.97 bits per heavy atom. The highest BCUT2D eigenvalue weighted by Crippen LogP contribution is 2.34. The maximum Gasteiger partial charge on any atom is 0.416 e. The summed E-state index contributed by atoms with van der Waals surface area (Å²) in [4.78, 5) is 22.8. The van der Waals surface area contributed by atoms with Crippen molar-refractivity contribution in [2.75, 3.05) is 29.9 Å². The van der Waals surface area contributed by atoms with E-state index in [9.17, 15) is 18.0 Å². The van der Waals surface area contributed by atoms with Crippen LogP contribution in [0.1, 0.15) is 23.2 Å². The van der Waals surface area contributed by atoms with Crippen molar-refractivity contribution < 1.29 is 22.7 Å². The molecule has 2 aromatic carbocycles. The molecular formula is C25H22F3N5O2. The van der Waals surface area contributed by atoms with E-state index >= 15 is 0 Å². The lowest BCUT2D eigenvalue weighted by molar-refractivity contribution is -0.137. The molecule has 1 aromatic heterocycles. The van der Waals surface area contributed by atoms with Crippen molar-refractivity contribution >= 4 is 23.0 Å². The quantitative estimate of drug-likeness (QED) is 0.532. The van der Waals surface area contributed by atoms with E-state index in [1.807, 2.05) is 6.07 Å². The Bertz CT molecular complexity index is 1290. The van der Waals surface area contributed by atoms with Gasteiger partial charge in [-0.1, -0.05) is 12.1 Å². The molecule has 10 heteroatoms. The molecule has 0 bridgehead atoms. The molecule has 2 amide bonds. The topological polar surface area (TPSA) is 79.4 Å². The molecule has 180 valence electrons. The largest absolute Gasteiger partial charge is 0.439 e. The molecule has 0 atom stereocenters. The van der Waals surface area contributed by atoms with Gasteiger partial charge in [-0.05, 0) is 66.9 Å². The SMILES string of the molecule is O=C(Nc1cccc(C(F)(F)F)c1)N1CCc2cc(Oc3cc(C4=CCNCC4)ncn3)ccc21. The number of fused-ring (bicyclic) bond motifs is 1. The van der Waals surface area contributed by atoms with Gasteiger partial charge >= 0.3 is 12.2 Å². The van der Waals surface area contributed by atoms with Gasteiger partial charge in [-0.2, -0.15) is 13.2 Å². The van der Waals surface area contributed by atoms with Crippen molar-refractivity contribution in [2.24, 2.45) is 0 Å². The highest BCUT2D eigenvalue weighted by atomic mass is 19.4. The first-order valence-electron chi connectivity index (χ1n) is 11.2. The number of halogens is 3. The second kappa shape index (κ2) is 9.38. The number of urea groups is 1. The Morgan fingerprint density at radius 1 is 1.09 bits per heavy atom. The lowest BCUT2D eigenvalue weighted by Crippen LogP contribution is -2.33. The zero-order valence-corrected chi connectivity index (χ0v) is 18.6. The average Bonchev–Trinajstić information content (AvgIpc) is 3.28. The van der Waals surface area contributed by atoms with Crippen LogP contribution in [0, 0.1) is 0 Å². The van der Waals surface area contributed by atoms with E-state index in [0.717, 1.165) is 48.5 Å². The van der Waals surface area contributed by atoms with Gasteiger partial charge in [0.1, 0.15) is 12.1 Å². The maximum atomic E-state index is 13.0. The van der Waals surface area contributed by atoms with E-state index in [0.29, 0.717) is 30.3 Å². The number of nitrogens with zero attached hydrogens (tertiary/aromatic N) is 3. The summed E-state index contributed by atoms with van der Waals surface area (Å²) in [5.41, 5.74) is 2.83. The number of anilines is 2. The third kappa shape index (κ3) is 5.12. The summed E-state index contributed by atoms with van der Waals surface area (Å²) in [5.74, 6) is 0.999. The van der Waals surface area contributed by atoms with Crippen LogP contribution < -0.4 is 20.3 Å². The second-order valence-electron chi connectivity index (χ2n) is 8.23. The number of rotatable bonds is 4. The van der Waals surface area contributed by atoms with Crippen molar-refractivity contribution in [3.63, 3.8) is 0 Å². The third-order valence-corrected chi connectivity index (χ3v) is 5.89. The van der Waals surface area contributed by atoms with Crippen LogP contribution in [-0.4, -0.2) is 35.6 Å². The highest BCUT2D eigenvalue weighted by Gasteiger charge is 2.31. The molecule has 5 rings (SSSR count). The van der Waals surface area contributed by atoms with E-state index < -0.39 is 17.8 Å². The Kier molecular flexibility index (Phi) is 6.12. The van der Waals surface area contributed by atoms with Gasteiger partial charge in [-0.15, -0.1) is 0 Å². The molecule has 0 spiro atoms. The molecule has 3 heterocycles. The summed E-state index contributed by atoms with van der Waals surface area (Å²) in [5, 5.41) is 5.83. The van der Waals surface area contributed by atoms with Crippen molar-refractivity contribution in [1.29, 1.82) is 0 Å². The van der Waals surface area contributed by atoms with Gasteiger partial charge in [0.15, 0.2) is 0 Å². The molecule has 0 unspecified atom stereocenters. The fourth-order valence-electron chi connectivity index (χ4n) is 4.16. The Morgan fingerprint density at radius 3 is 2.77 bits per heavy atom. The van der Waals surface area contributed by atoms with E-state index in [-0.39, 0.29) is 5.69 Å². The zero-order valence-electron chi connectivity index (χ0n) is 18.6. The van der Waals surface area contributed by atoms with E-state index in [1.165, 1.54) is 23.4 Å². The van der Waals surface area contributed by atoms with Gasteiger partial charge in [0.05, 0.1) is 11.3 Å². The Balaban J connectivity index is 1.28. The fraction of sp³-hybridized carbons (Fsp3) is 0.240. The van der Waals surface area contributed by atoms with Gasteiger partial charge < -0.3 is 15.4 Å². The first-order valence-corrected chi connectivity index (χ1v) is 11.2.